The van der Waals surface area contributed by atoms with Crippen molar-refractivity contribution < 1.29 is 4.84 Å². The number of hydrogen-bond donors (Lipinski definition) is 1. The van der Waals surface area contributed by atoms with Crippen molar-refractivity contribution in [2.75, 3.05) is 0 Å². The van der Waals surface area contributed by atoms with Gasteiger partial charge in [-0.15, -0.1) is 0 Å². The molecule has 0 bridgehead atoms. The van der Waals surface area contributed by atoms with Crippen LogP contribution >= 0.6 is 0 Å². The van der Waals surface area contributed by atoms with E-state index >= 15 is 0 Å². The number of hydrogen-bond acceptors (Lipinski definition) is 2. The zero-order valence-corrected chi connectivity index (χ0v) is 13.8. The molecule has 2 nitrogen and oxygen atoms in total. The van der Waals surface area contributed by atoms with Crippen LogP contribution in [0.25, 0.3) is 0 Å². The summed E-state index contributed by atoms with van der Waals surface area (Å²) in [6.45, 7) is 0. The van der Waals surface area contributed by atoms with E-state index in [1.54, 1.807) is 6.26 Å². The van der Waals surface area contributed by atoms with Gasteiger partial charge in [-0.05, 0) is 28.8 Å². The molecule has 0 unspecified atom stereocenters. The van der Waals surface area contributed by atoms with Gasteiger partial charge >= 0.3 is 0 Å². The SMILES string of the molecule is C1=CONC(C(c2ccccc2)(c2ccccc2)c2ccccc2)=C1. The van der Waals surface area contributed by atoms with Crippen LogP contribution in [0.5, 0.6) is 0 Å². The highest BCUT2D eigenvalue weighted by Gasteiger charge is 2.40. The number of rotatable bonds is 4. The standard InChI is InChI=1S/C23H19NO/c1-4-11-19(12-5-1)23(20-13-6-2-7-14-20,21-15-8-3-9-16-21)22-17-10-18-25-24-22/h1-18,24H. The van der Waals surface area contributed by atoms with Crippen molar-refractivity contribution in [2.45, 2.75) is 5.41 Å². The third-order valence-corrected chi connectivity index (χ3v) is 4.60. The van der Waals surface area contributed by atoms with Crippen molar-refractivity contribution in [1.29, 1.82) is 0 Å². The Bertz CT molecular complexity index is 786. The van der Waals surface area contributed by atoms with Gasteiger partial charge in [0.25, 0.3) is 0 Å². The van der Waals surface area contributed by atoms with Gasteiger partial charge in [0.2, 0.25) is 0 Å². The Hall–Kier alpha value is -3.26. The maximum atomic E-state index is 5.45. The van der Waals surface area contributed by atoms with Crippen molar-refractivity contribution in [2.24, 2.45) is 0 Å². The largest absolute Gasteiger partial charge is 0.390 e. The topological polar surface area (TPSA) is 21.3 Å². The molecule has 1 heterocycles. The summed E-state index contributed by atoms with van der Waals surface area (Å²) in [4.78, 5) is 5.45. The Labute approximate surface area is 148 Å². The predicted octanol–water partition coefficient (Wildman–Crippen LogP) is 4.95. The quantitative estimate of drug-likeness (QED) is 0.685. The lowest BCUT2D eigenvalue weighted by Gasteiger charge is -2.38. The normalized spacial score (nSPS) is 13.5. The Morgan fingerprint density at radius 1 is 0.600 bits per heavy atom. The third-order valence-electron chi connectivity index (χ3n) is 4.60. The molecule has 1 N–H and O–H groups in total. The van der Waals surface area contributed by atoms with Gasteiger partial charge in [-0.3, -0.25) is 0 Å². The fourth-order valence-electron chi connectivity index (χ4n) is 3.54. The minimum absolute atomic E-state index is 0.478. The molecule has 3 aromatic rings. The molecule has 1 aliphatic heterocycles. The molecule has 0 aliphatic carbocycles. The van der Waals surface area contributed by atoms with Crippen LogP contribution in [0.1, 0.15) is 16.7 Å². The molecule has 0 saturated carbocycles. The van der Waals surface area contributed by atoms with Crippen LogP contribution in [0.2, 0.25) is 0 Å². The van der Waals surface area contributed by atoms with E-state index in [9.17, 15) is 0 Å². The molecule has 0 atom stereocenters. The van der Waals surface area contributed by atoms with E-state index in [4.69, 9.17) is 4.84 Å². The monoisotopic (exact) mass is 325 g/mol. The van der Waals surface area contributed by atoms with E-state index in [0.717, 1.165) is 5.70 Å². The summed E-state index contributed by atoms with van der Waals surface area (Å²) >= 11 is 0. The number of nitrogens with one attached hydrogen (secondary N) is 1. The minimum Gasteiger partial charge on any atom is -0.390 e. The molecule has 25 heavy (non-hydrogen) atoms. The van der Waals surface area contributed by atoms with Gasteiger partial charge in [-0.2, -0.15) is 0 Å². The number of benzene rings is 3. The minimum atomic E-state index is -0.478. The first kappa shape index (κ1) is 15.3. The third kappa shape index (κ3) is 2.62. The van der Waals surface area contributed by atoms with Crippen LogP contribution < -0.4 is 5.48 Å². The lowest BCUT2D eigenvalue weighted by molar-refractivity contribution is 0.149. The summed E-state index contributed by atoms with van der Waals surface area (Å²) < 4.78 is 0. The molecule has 3 aromatic carbocycles. The van der Waals surface area contributed by atoms with Gasteiger partial charge in [0.15, 0.2) is 0 Å². The smallest absolute Gasteiger partial charge is 0.119 e. The van der Waals surface area contributed by atoms with Crippen LogP contribution in [0.15, 0.2) is 115 Å². The first-order valence-electron chi connectivity index (χ1n) is 8.38. The lowest BCUT2D eigenvalue weighted by atomic mass is 9.67. The van der Waals surface area contributed by atoms with Crippen molar-refractivity contribution >= 4 is 0 Å². The fourth-order valence-corrected chi connectivity index (χ4v) is 3.54. The molecule has 1 aliphatic rings. The van der Waals surface area contributed by atoms with Crippen LogP contribution in [0, 0.1) is 0 Å². The molecule has 2 heteroatoms. The molecule has 0 amide bonds. The van der Waals surface area contributed by atoms with Crippen LogP contribution in [-0.2, 0) is 10.3 Å². The van der Waals surface area contributed by atoms with Crippen molar-refractivity contribution in [3.05, 3.63) is 132 Å². The van der Waals surface area contributed by atoms with Crippen LogP contribution in [0.3, 0.4) is 0 Å². The highest BCUT2D eigenvalue weighted by molar-refractivity contribution is 5.58. The summed E-state index contributed by atoms with van der Waals surface area (Å²) in [5, 5.41) is 0. The first-order chi connectivity index (χ1) is 12.4. The lowest BCUT2D eigenvalue weighted by Crippen LogP contribution is -2.38. The zero-order valence-electron chi connectivity index (χ0n) is 13.8. The molecular formula is C23H19NO. The summed E-state index contributed by atoms with van der Waals surface area (Å²) in [6.07, 6.45) is 5.65. The van der Waals surface area contributed by atoms with Crippen LogP contribution in [0.4, 0.5) is 0 Å². The van der Waals surface area contributed by atoms with E-state index in [1.165, 1.54) is 16.7 Å². The Kier molecular flexibility index (Phi) is 4.09. The molecule has 0 radical (unpaired) electrons. The second-order valence-corrected chi connectivity index (χ2v) is 5.98. The van der Waals surface area contributed by atoms with E-state index < -0.39 is 5.41 Å². The average molecular weight is 325 g/mol. The fraction of sp³-hybridized carbons (Fsp3) is 0.0435. The molecular weight excluding hydrogens is 306 g/mol. The summed E-state index contributed by atoms with van der Waals surface area (Å²) in [5.41, 5.74) is 7.19. The predicted molar refractivity (Wildman–Crippen MR) is 101 cm³/mol. The summed E-state index contributed by atoms with van der Waals surface area (Å²) in [6, 6.07) is 31.6. The number of allylic oxidation sites excluding steroid dienone is 3. The molecule has 0 aromatic heterocycles. The number of hydroxylamine groups is 1. The molecule has 0 spiro atoms. The van der Waals surface area contributed by atoms with Gasteiger partial charge in [0, 0.05) is 0 Å². The van der Waals surface area contributed by atoms with Gasteiger partial charge in [0.05, 0.1) is 11.1 Å². The van der Waals surface area contributed by atoms with Crippen LogP contribution in [-0.4, -0.2) is 0 Å². The maximum absolute atomic E-state index is 5.45. The molecule has 122 valence electrons. The van der Waals surface area contributed by atoms with Crippen molar-refractivity contribution in [3.63, 3.8) is 0 Å². The Morgan fingerprint density at radius 3 is 1.40 bits per heavy atom. The molecule has 0 saturated heterocycles. The second-order valence-electron chi connectivity index (χ2n) is 5.98. The second kappa shape index (κ2) is 6.70. The average Bonchev–Trinajstić information content (AvgIpc) is 2.72. The summed E-state index contributed by atoms with van der Waals surface area (Å²) in [5.74, 6) is 0. The molecule has 0 fully saturated rings. The van der Waals surface area contributed by atoms with E-state index in [2.05, 4.69) is 84.4 Å². The maximum Gasteiger partial charge on any atom is 0.119 e. The highest BCUT2D eigenvalue weighted by atomic mass is 16.6. The van der Waals surface area contributed by atoms with Crippen molar-refractivity contribution in [1.82, 2.24) is 5.48 Å². The summed E-state index contributed by atoms with van der Waals surface area (Å²) in [7, 11) is 0. The van der Waals surface area contributed by atoms with E-state index in [0.29, 0.717) is 0 Å². The first-order valence-corrected chi connectivity index (χ1v) is 8.38. The van der Waals surface area contributed by atoms with E-state index in [-0.39, 0.29) is 0 Å². The van der Waals surface area contributed by atoms with Gasteiger partial charge in [0.1, 0.15) is 6.26 Å². The molecule has 4 rings (SSSR count). The van der Waals surface area contributed by atoms with Gasteiger partial charge < -0.3 is 4.84 Å². The van der Waals surface area contributed by atoms with Gasteiger partial charge in [-0.1, -0.05) is 91.0 Å². The van der Waals surface area contributed by atoms with E-state index in [1.807, 2.05) is 24.3 Å². The zero-order chi connectivity index (χ0) is 17.0. The highest BCUT2D eigenvalue weighted by Crippen LogP contribution is 2.44. The Morgan fingerprint density at radius 2 is 1.04 bits per heavy atom. The van der Waals surface area contributed by atoms with Crippen molar-refractivity contribution in [3.8, 4) is 0 Å². The Balaban J connectivity index is 2.08. The van der Waals surface area contributed by atoms with Gasteiger partial charge in [-0.25, -0.2) is 5.48 Å².